The van der Waals surface area contributed by atoms with Gasteiger partial charge in [0.1, 0.15) is 11.8 Å². The first-order valence-electron chi connectivity index (χ1n) is 11.7. The number of benzene rings is 2. The van der Waals surface area contributed by atoms with Crippen LogP contribution in [0.2, 0.25) is 0 Å². The molecule has 2 aromatic carbocycles. The van der Waals surface area contributed by atoms with Crippen LogP contribution in [-0.2, 0) is 26.3 Å². The van der Waals surface area contributed by atoms with Crippen molar-refractivity contribution in [1.29, 1.82) is 0 Å². The van der Waals surface area contributed by atoms with Gasteiger partial charge in [0, 0.05) is 38.1 Å². The molecule has 2 heterocycles. The molecule has 2 fully saturated rings. The number of urea groups is 1. The van der Waals surface area contributed by atoms with Crippen LogP contribution >= 0.6 is 0 Å². The lowest BCUT2D eigenvalue weighted by Crippen LogP contribution is -2.47. The zero-order valence-corrected chi connectivity index (χ0v) is 19.4. The summed E-state index contributed by atoms with van der Waals surface area (Å²) in [5.74, 6) is 0.329. The molecule has 180 valence electrons. The van der Waals surface area contributed by atoms with Crippen molar-refractivity contribution in [3.63, 3.8) is 0 Å². The normalized spacial score (nSPS) is 19.6. The van der Waals surface area contributed by atoms with Crippen LogP contribution in [0, 0.1) is 0 Å². The number of methoxy groups -OCH3 is 1. The fourth-order valence-corrected chi connectivity index (χ4v) is 4.63. The number of hydrogen-bond acceptors (Lipinski definition) is 5. The van der Waals surface area contributed by atoms with E-state index in [1.165, 1.54) is 4.90 Å². The van der Waals surface area contributed by atoms with Crippen LogP contribution in [0.1, 0.15) is 36.8 Å². The highest BCUT2D eigenvalue weighted by atomic mass is 16.5. The molecular weight excluding hydrogens is 434 g/mol. The Morgan fingerprint density at radius 2 is 1.82 bits per heavy atom. The van der Waals surface area contributed by atoms with Crippen molar-refractivity contribution in [2.45, 2.75) is 43.7 Å². The predicted octanol–water partition coefficient (Wildman–Crippen LogP) is 2.76. The third kappa shape index (κ3) is 5.39. The molecule has 34 heavy (non-hydrogen) atoms. The zero-order chi connectivity index (χ0) is 24.0. The number of imide groups is 1. The van der Waals surface area contributed by atoms with Crippen molar-refractivity contribution in [2.75, 3.05) is 26.9 Å². The Morgan fingerprint density at radius 3 is 2.50 bits per heavy atom. The van der Waals surface area contributed by atoms with Gasteiger partial charge in [0.05, 0.1) is 7.11 Å². The molecule has 0 bridgehead atoms. The molecular formula is C26H31N3O5. The van der Waals surface area contributed by atoms with Crippen LogP contribution in [-0.4, -0.2) is 55.7 Å². The van der Waals surface area contributed by atoms with Crippen molar-refractivity contribution >= 4 is 17.8 Å². The third-order valence-electron chi connectivity index (χ3n) is 6.71. The number of hydrogen-bond donors (Lipinski definition) is 2. The second kappa shape index (κ2) is 10.7. The maximum absolute atomic E-state index is 13.1. The second-order valence-corrected chi connectivity index (χ2v) is 8.85. The Bertz CT molecular complexity index is 1000. The Labute approximate surface area is 199 Å². The Hall–Kier alpha value is -3.39. The molecule has 2 aromatic rings. The SMILES string of the molecule is COc1ccc(C2(CN3C(=O)N[C@@H](CCC(=O)NCc4ccccc4)C3=O)CCOCC2)cc1. The van der Waals surface area contributed by atoms with Crippen LogP contribution in [0.15, 0.2) is 54.6 Å². The van der Waals surface area contributed by atoms with Gasteiger partial charge in [-0.25, -0.2) is 4.79 Å². The quantitative estimate of drug-likeness (QED) is 0.555. The molecule has 0 aromatic heterocycles. The molecule has 4 amide bonds. The fraction of sp³-hybridized carbons (Fsp3) is 0.423. The fourth-order valence-electron chi connectivity index (χ4n) is 4.63. The molecule has 8 nitrogen and oxygen atoms in total. The van der Waals surface area contributed by atoms with Gasteiger partial charge in [0.2, 0.25) is 5.91 Å². The number of nitrogens with zero attached hydrogens (tertiary/aromatic N) is 1. The van der Waals surface area contributed by atoms with E-state index in [9.17, 15) is 14.4 Å². The first-order valence-corrected chi connectivity index (χ1v) is 11.7. The van der Waals surface area contributed by atoms with Crippen LogP contribution in [0.3, 0.4) is 0 Å². The molecule has 2 aliphatic rings. The summed E-state index contributed by atoms with van der Waals surface area (Å²) in [7, 11) is 1.62. The third-order valence-corrected chi connectivity index (χ3v) is 6.71. The number of amides is 4. The Kier molecular flexibility index (Phi) is 7.47. The summed E-state index contributed by atoms with van der Waals surface area (Å²) in [6.07, 6.45) is 1.85. The smallest absolute Gasteiger partial charge is 0.324 e. The zero-order valence-electron chi connectivity index (χ0n) is 19.4. The van der Waals surface area contributed by atoms with E-state index in [0.29, 0.717) is 32.6 Å². The van der Waals surface area contributed by atoms with Gasteiger partial charge < -0.3 is 20.1 Å². The topological polar surface area (TPSA) is 97.0 Å². The summed E-state index contributed by atoms with van der Waals surface area (Å²) in [5.41, 5.74) is 1.69. The second-order valence-electron chi connectivity index (χ2n) is 8.85. The number of carbonyl (C=O) groups excluding carboxylic acids is 3. The van der Waals surface area contributed by atoms with Crippen molar-refractivity contribution < 1.29 is 23.9 Å². The molecule has 2 N–H and O–H groups in total. The van der Waals surface area contributed by atoms with Gasteiger partial charge in [0.15, 0.2) is 0 Å². The van der Waals surface area contributed by atoms with Gasteiger partial charge in [-0.3, -0.25) is 14.5 Å². The molecule has 2 saturated heterocycles. The highest BCUT2D eigenvalue weighted by Gasteiger charge is 2.44. The van der Waals surface area contributed by atoms with E-state index in [1.807, 2.05) is 54.6 Å². The van der Waals surface area contributed by atoms with E-state index < -0.39 is 12.1 Å². The average molecular weight is 466 g/mol. The van der Waals surface area contributed by atoms with Gasteiger partial charge >= 0.3 is 6.03 Å². The predicted molar refractivity (Wildman–Crippen MR) is 126 cm³/mol. The van der Waals surface area contributed by atoms with Crippen LogP contribution in [0.5, 0.6) is 5.75 Å². The lowest BCUT2D eigenvalue weighted by Gasteiger charge is -2.39. The number of carbonyl (C=O) groups is 3. The molecule has 4 rings (SSSR count). The monoisotopic (exact) mass is 465 g/mol. The van der Waals surface area contributed by atoms with E-state index >= 15 is 0 Å². The van der Waals surface area contributed by atoms with Crippen LogP contribution in [0.4, 0.5) is 4.79 Å². The van der Waals surface area contributed by atoms with Crippen LogP contribution < -0.4 is 15.4 Å². The van der Waals surface area contributed by atoms with Gasteiger partial charge in [-0.1, -0.05) is 42.5 Å². The number of ether oxygens (including phenoxy) is 2. The molecule has 1 atom stereocenters. The summed E-state index contributed by atoms with van der Waals surface area (Å²) in [6, 6.07) is 16.3. The standard InChI is InChI=1S/C26H31N3O5/c1-33-21-9-7-20(8-10-21)26(13-15-34-16-14-26)18-29-24(31)22(28-25(29)32)11-12-23(30)27-17-19-5-3-2-4-6-19/h2-10,22H,11-18H2,1H3,(H,27,30)(H,28,32)/t22-/m0/s1. The molecule has 8 heteroatoms. The van der Waals surface area contributed by atoms with Crippen LogP contribution in [0.25, 0.3) is 0 Å². The lowest BCUT2D eigenvalue weighted by molar-refractivity contribution is -0.129. The van der Waals surface area contributed by atoms with Gasteiger partial charge in [0.25, 0.3) is 5.91 Å². The first kappa shape index (κ1) is 23.8. The van der Waals surface area contributed by atoms with E-state index in [2.05, 4.69) is 10.6 Å². The van der Waals surface area contributed by atoms with E-state index in [4.69, 9.17) is 9.47 Å². The molecule has 0 aliphatic carbocycles. The molecule has 0 spiro atoms. The van der Waals surface area contributed by atoms with E-state index in [0.717, 1.165) is 16.9 Å². The summed E-state index contributed by atoms with van der Waals surface area (Å²) in [5, 5.41) is 5.63. The average Bonchev–Trinajstić information content (AvgIpc) is 3.14. The van der Waals surface area contributed by atoms with Crippen molar-refractivity contribution in [3.8, 4) is 5.75 Å². The number of nitrogens with one attached hydrogen (secondary N) is 2. The van der Waals surface area contributed by atoms with Gasteiger partial charge in [-0.05, 0) is 42.5 Å². The van der Waals surface area contributed by atoms with Crippen molar-refractivity contribution in [3.05, 3.63) is 65.7 Å². The molecule has 2 aliphatic heterocycles. The highest BCUT2D eigenvalue weighted by Crippen LogP contribution is 2.37. The number of rotatable bonds is 9. The maximum atomic E-state index is 13.1. The van der Waals surface area contributed by atoms with Gasteiger partial charge in [-0.15, -0.1) is 0 Å². The minimum atomic E-state index is -0.692. The largest absolute Gasteiger partial charge is 0.497 e. The molecule has 0 saturated carbocycles. The minimum Gasteiger partial charge on any atom is -0.497 e. The molecule has 0 radical (unpaired) electrons. The van der Waals surface area contributed by atoms with E-state index in [-0.39, 0.29) is 36.6 Å². The summed E-state index contributed by atoms with van der Waals surface area (Å²) in [4.78, 5) is 39.4. The first-order chi connectivity index (χ1) is 16.5. The highest BCUT2D eigenvalue weighted by molar-refractivity contribution is 6.04. The Morgan fingerprint density at radius 1 is 1.12 bits per heavy atom. The summed E-state index contributed by atoms with van der Waals surface area (Å²) in [6.45, 7) is 1.86. The summed E-state index contributed by atoms with van der Waals surface area (Å²) >= 11 is 0. The van der Waals surface area contributed by atoms with Crippen molar-refractivity contribution in [1.82, 2.24) is 15.5 Å². The summed E-state index contributed by atoms with van der Waals surface area (Å²) < 4.78 is 10.9. The Balaban J connectivity index is 1.37. The van der Waals surface area contributed by atoms with E-state index in [1.54, 1.807) is 7.11 Å². The van der Waals surface area contributed by atoms with Gasteiger partial charge in [-0.2, -0.15) is 0 Å². The maximum Gasteiger partial charge on any atom is 0.324 e. The molecule has 0 unspecified atom stereocenters. The minimum absolute atomic E-state index is 0.150. The lowest BCUT2D eigenvalue weighted by atomic mass is 9.73. The van der Waals surface area contributed by atoms with Crippen molar-refractivity contribution in [2.24, 2.45) is 0 Å².